The number of nitrogen functional groups attached to an aromatic ring is 1. The first-order chi connectivity index (χ1) is 16.9. The van der Waals surface area contributed by atoms with E-state index in [-0.39, 0.29) is 34.9 Å². The average molecular weight is 479 g/mol. The zero-order valence-corrected chi connectivity index (χ0v) is 18.7. The second kappa shape index (κ2) is 10.2. The van der Waals surface area contributed by atoms with Crippen molar-refractivity contribution in [2.75, 3.05) is 24.1 Å². The van der Waals surface area contributed by atoms with Crippen LogP contribution < -0.4 is 15.8 Å². The van der Waals surface area contributed by atoms with E-state index in [0.717, 1.165) is 25.0 Å². The number of likely N-dealkylation sites (tertiary alicyclic amines) is 1. The molecule has 1 atom stereocenters. The van der Waals surface area contributed by atoms with E-state index in [0.29, 0.717) is 24.5 Å². The van der Waals surface area contributed by atoms with Gasteiger partial charge in [0.05, 0.1) is 11.3 Å². The predicted octanol–water partition coefficient (Wildman–Crippen LogP) is 3.53. The highest BCUT2D eigenvalue weighted by atomic mass is 19.1. The van der Waals surface area contributed by atoms with E-state index in [9.17, 15) is 13.6 Å². The third-order valence-electron chi connectivity index (χ3n) is 5.53. The molecule has 1 aliphatic heterocycles. The first-order valence-electron chi connectivity index (χ1n) is 10.8. The molecule has 1 aliphatic rings. The van der Waals surface area contributed by atoms with E-state index in [1.165, 1.54) is 36.8 Å². The minimum atomic E-state index is -0.857. The Morgan fingerprint density at radius 2 is 2.00 bits per heavy atom. The number of hydrogen-bond donors (Lipinski definition) is 3. The van der Waals surface area contributed by atoms with Crippen LogP contribution in [0.3, 0.4) is 0 Å². The minimum Gasteiger partial charge on any atom is -0.433 e. The highest BCUT2D eigenvalue weighted by molar-refractivity contribution is 6.16. The van der Waals surface area contributed by atoms with E-state index < -0.39 is 17.4 Å². The van der Waals surface area contributed by atoms with Crippen molar-refractivity contribution in [3.05, 3.63) is 78.3 Å². The quantitative estimate of drug-likeness (QED) is 0.349. The summed E-state index contributed by atoms with van der Waals surface area (Å²) in [5, 5.41) is 12.0. The summed E-state index contributed by atoms with van der Waals surface area (Å²) in [4.78, 5) is 26.0. The molecule has 1 saturated heterocycles. The molecule has 35 heavy (non-hydrogen) atoms. The van der Waals surface area contributed by atoms with E-state index >= 15 is 0 Å². The van der Waals surface area contributed by atoms with Gasteiger partial charge in [0.25, 0.3) is 0 Å². The Balaban J connectivity index is 1.54. The lowest BCUT2D eigenvalue weighted by atomic mass is 10.0. The Hall–Kier alpha value is -4.41. The summed E-state index contributed by atoms with van der Waals surface area (Å²) >= 11 is 0. The molecule has 4 N–H and O–H groups in total. The molecular formula is C24H23F2N7O2. The topological polar surface area (TPSA) is 130 Å². The van der Waals surface area contributed by atoms with Crippen molar-refractivity contribution in [1.29, 1.82) is 5.41 Å². The highest BCUT2D eigenvalue weighted by Gasteiger charge is 2.25. The lowest BCUT2D eigenvalue weighted by molar-refractivity contribution is -0.127. The van der Waals surface area contributed by atoms with Gasteiger partial charge in [0.15, 0.2) is 11.6 Å². The van der Waals surface area contributed by atoms with Crippen molar-refractivity contribution in [3.63, 3.8) is 0 Å². The number of ether oxygens (including phenoxy) is 1. The Morgan fingerprint density at radius 3 is 2.69 bits per heavy atom. The summed E-state index contributed by atoms with van der Waals surface area (Å²) in [6.07, 6.45) is 5.52. The SMILES string of the molecule is C=CC(=O)N1CCC[C@@H](Nc2ncnc(N)c2C(=N)c2ccc(Oc3c(F)cccc3F)nc2)C1. The summed E-state index contributed by atoms with van der Waals surface area (Å²) in [7, 11) is 0. The van der Waals surface area contributed by atoms with Crippen molar-refractivity contribution >= 4 is 23.3 Å². The molecular weight excluding hydrogens is 456 g/mol. The Kier molecular flexibility index (Phi) is 6.95. The van der Waals surface area contributed by atoms with Crippen LogP contribution >= 0.6 is 0 Å². The van der Waals surface area contributed by atoms with Crippen molar-refractivity contribution in [1.82, 2.24) is 19.9 Å². The first kappa shape index (κ1) is 23.7. The monoisotopic (exact) mass is 479 g/mol. The average Bonchev–Trinajstić information content (AvgIpc) is 2.86. The number of piperidine rings is 1. The van der Waals surface area contributed by atoms with Crippen LogP contribution in [0.2, 0.25) is 0 Å². The van der Waals surface area contributed by atoms with Gasteiger partial charge in [-0.2, -0.15) is 0 Å². The summed E-state index contributed by atoms with van der Waals surface area (Å²) in [5.41, 5.74) is 6.72. The summed E-state index contributed by atoms with van der Waals surface area (Å²) in [5.74, 6) is -2.02. The van der Waals surface area contributed by atoms with Gasteiger partial charge < -0.3 is 20.7 Å². The number of amides is 1. The highest BCUT2D eigenvalue weighted by Crippen LogP contribution is 2.28. The Morgan fingerprint density at radius 1 is 1.23 bits per heavy atom. The molecule has 2 aromatic heterocycles. The molecule has 0 bridgehead atoms. The third kappa shape index (κ3) is 5.24. The molecule has 1 amide bonds. The van der Waals surface area contributed by atoms with Crippen molar-refractivity contribution in [2.24, 2.45) is 0 Å². The van der Waals surface area contributed by atoms with Crippen LogP contribution in [0.1, 0.15) is 24.0 Å². The fourth-order valence-corrected chi connectivity index (χ4v) is 3.79. The molecule has 0 radical (unpaired) electrons. The van der Waals surface area contributed by atoms with Crippen LogP contribution in [0.5, 0.6) is 11.6 Å². The third-order valence-corrected chi connectivity index (χ3v) is 5.53. The molecule has 0 spiro atoms. The first-order valence-corrected chi connectivity index (χ1v) is 10.8. The maximum atomic E-state index is 13.8. The van der Waals surface area contributed by atoms with Crippen LogP contribution in [-0.2, 0) is 4.79 Å². The maximum Gasteiger partial charge on any atom is 0.246 e. The molecule has 3 heterocycles. The van der Waals surface area contributed by atoms with Gasteiger partial charge in [-0.25, -0.2) is 23.7 Å². The van der Waals surface area contributed by atoms with Crippen LogP contribution in [0, 0.1) is 17.0 Å². The molecule has 180 valence electrons. The Labute approximate surface area is 200 Å². The second-order valence-corrected chi connectivity index (χ2v) is 7.87. The smallest absolute Gasteiger partial charge is 0.246 e. The number of nitrogens with zero attached hydrogens (tertiary/aromatic N) is 4. The number of anilines is 2. The number of pyridine rings is 1. The zero-order valence-electron chi connectivity index (χ0n) is 18.7. The lowest BCUT2D eigenvalue weighted by Gasteiger charge is -2.33. The molecule has 0 saturated carbocycles. The van der Waals surface area contributed by atoms with Gasteiger partial charge >= 0.3 is 0 Å². The van der Waals surface area contributed by atoms with E-state index in [4.69, 9.17) is 15.9 Å². The standard InChI is InChI=1S/C24H23F2N7O2/c1-2-19(34)33-10-4-5-15(12-33)32-24-20(23(28)30-13-31-24)21(27)14-8-9-18(29-11-14)35-22-16(25)6-3-7-17(22)26/h2-3,6-9,11,13,15,27H,1,4-5,10,12H2,(H3,28,30,31,32)/t15-/m1/s1. The second-order valence-electron chi connectivity index (χ2n) is 7.87. The Bertz CT molecular complexity index is 1250. The largest absolute Gasteiger partial charge is 0.433 e. The number of aromatic nitrogens is 3. The van der Waals surface area contributed by atoms with Crippen molar-refractivity contribution in [3.8, 4) is 11.6 Å². The number of nitrogens with one attached hydrogen (secondary N) is 2. The van der Waals surface area contributed by atoms with Gasteiger partial charge in [0.1, 0.15) is 18.0 Å². The normalized spacial score (nSPS) is 15.4. The molecule has 4 rings (SSSR count). The fraction of sp³-hybridized carbons (Fsp3) is 0.208. The summed E-state index contributed by atoms with van der Waals surface area (Å²) < 4.78 is 32.9. The van der Waals surface area contributed by atoms with Crippen molar-refractivity contribution in [2.45, 2.75) is 18.9 Å². The zero-order chi connectivity index (χ0) is 24.9. The van der Waals surface area contributed by atoms with Gasteiger partial charge in [-0.1, -0.05) is 12.6 Å². The summed E-state index contributed by atoms with van der Waals surface area (Å²) in [6.45, 7) is 4.64. The fourth-order valence-electron chi connectivity index (χ4n) is 3.79. The lowest BCUT2D eigenvalue weighted by Crippen LogP contribution is -2.44. The summed E-state index contributed by atoms with van der Waals surface area (Å²) in [6, 6.07) is 6.20. The molecule has 11 heteroatoms. The molecule has 3 aromatic rings. The van der Waals surface area contributed by atoms with E-state index in [1.807, 2.05) is 0 Å². The van der Waals surface area contributed by atoms with Crippen LogP contribution in [0.4, 0.5) is 20.4 Å². The number of benzene rings is 1. The number of halogens is 2. The number of hydrogen-bond acceptors (Lipinski definition) is 8. The van der Waals surface area contributed by atoms with Crippen LogP contribution in [0.25, 0.3) is 0 Å². The molecule has 0 aliphatic carbocycles. The van der Waals surface area contributed by atoms with E-state index in [1.54, 1.807) is 4.90 Å². The predicted molar refractivity (Wildman–Crippen MR) is 126 cm³/mol. The number of rotatable bonds is 7. The molecule has 1 aromatic carbocycles. The number of carbonyl (C=O) groups excluding carboxylic acids is 1. The molecule has 9 nitrogen and oxygen atoms in total. The number of carbonyl (C=O) groups is 1. The van der Waals surface area contributed by atoms with E-state index in [2.05, 4.69) is 26.8 Å². The van der Waals surface area contributed by atoms with Crippen molar-refractivity contribution < 1.29 is 18.3 Å². The van der Waals surface area contributed by atoms with Crippen LogP contribution in [-0.4, -0.2) is 50.6 Å². The van der Waals surface area contributed by atoms with Gasteiger partial charge in [0.2, 0.25) is 17.5 Å². The maximum absolute atomic E-state index is 13.8. The number of para-hydroxylation sites is 1. The molecule has 0 unspecified atom stereocenters. The van der Waals surface area contributed by atoms with Gasteiger partial charge in [-0.05, 0) is 37.1 Å². The molecule has 1 fully saturated rings. The van der Waals surface area contributed by atoms with Crippen LogP contribution in [0.15, 0.2) is 55.5 Å². The number of nitrogens with two attached hydrogens (primary N) is 1. The van der Waals surface area contributed by atoms with Gasteiger partial charge in [-0.15, -0.1) is 0 Å². The van der Waals surface area contributed by atoms with Gasteiger partial charge in [0, 0.05) is 37.0 Å². The minimum absolute atomic E-state index is 0.00319. The van der Waals surface area contributed by atoms with Gasteiger partial charge in [-0.3, -0.25) is 10.2 Å².